The van der Waals surface area contributed by atoms with Gasteiger partial charge >= 0.3 is 0 Å². The Morgan fingerprint density at radius 1 is 1.35 bits per heavy atom. The molecule has 0 saturated carbocycles. The zero-order valence-corrected chi connectivity index (χ0v) is 11.6. The predicted molar refractivity (Wildman–Crippen MR) is 73.9 cm³/mol. The Balaban J connectivity index is 3.01. The topological polar surface area (TPSA) is 38.5 Å². The molecule has 17 heavy (non-hydrogen) atoms. The number of hydrogen-bond acceptors (Lipinski definition) is 3. The molecule has 0 atom stereocenters. The summed E-state index contributed by atoms with van der Waals surface area (Å²) < 4.78 is 5.40. The molecule has 0 bridgehead atoms. The van der Waals surface area contributed by atoms with Gasteiger partial charge < -0.3 is 15.4 Å². The van der Waals surface area contributed by atoms with E-state index in [4.69, 9.17) is 10.5 Å². The highest BCUT2D eigenvalue weighted by Crippen LogP contribution is 2.29. The second-order valence-corrected chi connectivity index (χ2v) is 5.20. The summed E-state index contributed by atoms with van der Waals surface area (Å²) in [6.07, 6.45) is 1.02. The smallest absolute Gasteiger partial charge is 0.142 e. The van der Waals surface area contributed by atoms with Crippen LogP contribution in [0, 0.1) is 0 Å². The third kappa shape index (κ3) is 3.93. The molecule has 96 valence electrons. The summed E-state index contributed by atoms with van der Waals surface area (Å²) in [6, 6.07) is 6.29. The van der Waals surface area contributed by atoms with Crippen LogP contribution in [0.25, 0.3) is 0 Å². The molecule has 0 aliphatic rings. The van der Waals surface area contributed by atoms with Gasteiger partial charge in [-0.15, -0.1) is 0 Å². The van der Waals surface area contributed by atoms with Crippen LogP contribution in [0.2, 0.25) is 0 Å². The van der Waals surface area contributed by atoms with Gasteiger partial charge in [0.1, 0.15) is 5.75 Å². The van der Waals surface area contributed by atoms with Gasteiger partial charge in [-0.3, -0.25) is 0 Å². The highest BCUT2D eigenvalue weighted by molar-refractivity contribution is 5.60. The van der Waals surface area contributed by atoms with E-state index in [0.29, 0.717) is 0 Å². The van der Waals surface area contributed by atoms with E-state index in [1.165, 1.54) is 5.56 Å². The van der Waals surface area contributed by atoms with Crippen LogP contribution in [0.1, 0.15) is 26.3 Å². The molecule has 0 aliphatic heterocycles. The highest BCUT2D eigenvalue weighted by Gasteiger charge is 2.17. The van der Waals surface area contributed by atoms with E-state index in [2.05, 4.69) is 24.0 Å². The Morgan fingerprint density at radius 2 is 2.00 bits per heavy atom. The number of aryl methyl sites for hydroxylation is 1. The number of likely N-dealkylation sites (N-methyl/N-ethyl adjacent to an activating group) is 1. The maximum absolute atomic E-state index is 6.05. The van der Waals surface area contributed by atoms with Crippen molar-refractivity contribution in [3.63, 3.8) is 0 Å². The maximum atomic E-state index is 6.05. The van der Waals surface area contributed by atoms with Crippen molar-refractivity contribution in [3.8, 4) is 5.75 Å². The van der Waals surface area contributed by atoms with Crippen LogP contribution in [0.15, 0.2) is 18.2 Å². The first-order chi connectivity index (χ1) is 7.87. The van der Waals surface area contributed by atoms with Crippen LogP contribution in [0.3, 0.4) is 0 Å². The van der Waals surface area contributed by atoms with E-state index in [1.807, 2.05) is 27.0 Å². The summed E-state index contributed by atoms with van der Waals surface area (Å²) in [7, 11) is 3.75. The summed E-state index contributed by atoms with van der Waals surface area (Å²) in [6.45, 7) is 6.99. The molecule has 0 heterocycles. The van der Waals surface area contributed by atoms with Crippen LogP contribution >= 0.6 is 0 Å². The van der Waals surface area contributed by atoms with Gasteiger partial charge in [0.05, 0.1) is 12.8 Å². The van der Waals surface area contributed by atoms with Crippen LogP contribution in [-0.2, 0) is 6.42 Å². The van der Waals surface area contributed by atoms with Crippen molar-refractivity contribution in [2.24, 2.45) is 5.73 Å². The third-order valence-corrected chi connectivity index (χ3v) is 2.71. The van der Waals surface area contributed by atoms with Gasteiger partial charge in [0, 0.05) is 19.1 Å². The van der Waals surface area contributed by atoms with Gasteiger partial charge in [-0.05, 0) is 38.0 Å². The summed E-state index contributed by atoms with van der Waals surface area (Å²) in [5.41, 5.74) is 8.24. The van der Waals surface area contributed by atoms with Crippen molar-refractivity contribution >= 4 is 5.69 Å². The van der Waals surface area contributed by atoms with Crippen molar-refractivity contribution in [2.45, 2.75) is 32.7 Å². The minimum Gasteiger partial charge on any atom is -0.495 e. The number of anilines is 1. The molecule has 0 fully saturated rings. The minimum atomic E-state index is -0.220. The summed E-state index contributed by atoms with van der Waals surface area (Å²) >= 11 is 0. The predicted octanol–water partition coefficient (Wildman–Crippen LogP) is 2.43. The van der Waals surface area contributed by atoms with Gasteiger partial charge in [0.15, 0.2) is 0 Å². The lowest BCUT2D eigenvalue weighted by atomic mass is 10.1. The van der Waals surface area contributed by atoms with Crippen LogP contribution in [0.5, 0.6) is 5.75 Å². The van der Waals surface area contributed by atoms with Crippen molar-refractivity contribution < 1.29 is 4.74 Å². The fraction of sp³-hybridized carbons (Fsp3) is 0.571. The average molecular weight is 236 g/mol. The first-order valence-electron chi connectivity index (χ1n) is 6.04. The summed E-state index contributed by atoms with van der Waals surface area (Å²) in [4.78, 5) is 2.15. The molecule has 0 spiro atoms. The molecular weight excluding hydrogens is 212 g/mol. The zero-order valence-electron chi connectivity index (χ0n) is 11.6. The average Bonchev–Trinajstić information content (AvgIpc) is 2.25. The first-order valence-corrected chi connectivity index (χ1v) is 6.04. The molecule has 1 aromatic carbocycles. The van der Waals surface area contributed by atoms with Gasteiger partial charge in [-0.25, -0.2) is 0 Å². The van der Waals surface area contributed by atoms with E-state index in [-0.39, 0.29) is 5.54 Å². The van der Waals surface area contributed by atoms with E-state index >= 15 is 0 Å². The molecule has 3 nitrogen and oxygen atoms in total. The summed E-state index contributed by atoms with van der Waals surface area (Å²) in [5.74, 6) is 0.897. The van der Waals surface area contributed by atoms with Crippen molar-refractivity contribution in [2.75, 3.05) is 25.6 Å². The molecule has 3 heteroatoms. The molecule has 0 amide bonds. The van der Waals surface area contributed by atoms with Crippen LogP contribution in [0.4, 0.5) is 5.69 Å². The first kappa shape index (κ1) is 13.8. The normalized spacial score (nSPS) is 11.4. The number of methoxy groups -OCH3 is 1. The maximum Gasteiger partial charge on any atom is 0.142 e. The molecule has 1 aromatic rings. The number of nitrogens with zero attached hydrogens (tertiary/aromatic N) is 1. The molecule has 1 rings (SSSR count). The lowest BCUT2D eigenvalue weighted by molar-refractivity contribution is 0.413. The van der Waals surface area contributed by atoms with Gasteiger partial charge in [-0.2, -0.15) is 0 Å². The van der Waals surface area contributed by atoms with E-state index in [0.717, 1.165) is 24.4 Å². The Hall–Kier alpha value is -1.22. The van der Waals surface area contributed by atoms with E-state index in [1.54, 1.807) is 7.11 Å². The molecule has 2 N–H and O–H groups in total. The molecule has 0 unspecified atom stereocenters. The monoisotopic (exact) mass is 236 g/mol. The highest BCUT2D eigenvalue weighted by atomic mass is 16.5. The lowest BCUT2D eigenvalue weighted by Gasteiger charge is -2.29. The number of nitrogens with two attached hydrogens (primary N) is 1. The van der Waals surface area contributed by atoms with Crippen molar-refractivity contribution in [1.82, 2.24) is 0 Å². The Bertz CT molecular complexity index is 369. The van der Waals surface area contributed by atoms with Crippen molar-refractivity contribution in [1.29, 1.82) is 0 Å². The molecule has 0 aromatic heterocycles. The second kappa shape index (κ2) is 5.41. The van der Waals surface area contributed by atoms with Gasteiger partial charge in [-0.1, -0.05) is 13.0 Å². The van der Waals surface area contributed by atoms with Gasteiger partial charge in [0.25, 0.3) is 0 Å². The van der Waals surface area contributed by atoms with E-state index < -0.39 is 0 Å². The second-order valence-electron chi connectivity index (χ2n) is 5.20. The quantitative estimate of drug-likeness (QED) is 0.853. The Morgan fingerprint density at radius 3 is 2.47 bits per heavy atom. The zero-order chi connectivity index (χ0) is 13.1. The fourth-order valence-electron chi connectivity index (χ4n) is 1.95. The fourth-order valence-corrected chi connectivity index (χ4v) is 1.95. The third-order valence-electron chi connectivity index (χ3n) is 2.71. The standard InChI is InChI=1S/C14H24N2O/c1-6-11-7-8-13(17-5)12(9-11)16(4)10-14(2,3)15/h7-9H,6,10,15H2,1-5H3. The van der Waals surface area contributed by atoms with Crippen LogP contribution < -0.4 is 15.4 Å². The number of ether oxygens (including phenoxy) is 1. The number of hydrogen-bond donors (Lipinski definition) is 1. The lowest BCUT2D eigenvalue weighted by Crippen LogP contribution is -2.44. The largest absolute Gasteiger partial charge is 0.495 e. The van der Waals surface area contributed by atoms with Crippen molar-refractivity contribution in [3.05, 3.63) is 23.8 Å². The number of benzene rings is 1. The Kier molecular flexibility index (Phi) is 4.40. The van der Waals surface area contributed by atoms with Crippen LogP contribution in [-0.4, -0.2) is 26.2 Å². The molecule has 0 aliphatic carbocycles. The number of rotatable bonds is 5. The van der Waals surface area contributed by atoms with E-state index in [9.17, 15) is 0 Å². The molecule has 0 saturated heterocycles. The van der Waals surface area contributed by atoms with Gasteiger partial charge in [0.2, 0.25) is 0 Å². The Labute approximate surface area is 105 Å². The summed E-state index contributed by atoms with van der Waals surface area (Å²) in [5, 5.41) is 0. The SMILES string of the molecule is CCc1ccc(OC)c(N(C)CC(C)(C)N)c1. The molecule has 0 radical (unpaired) electrons. The minimum absolute atomic E-state index is 0.220. The molecular formula is C14H24N2O.